The van der Waals surface area contributed by atoms with Crippen LogP contribution in [0.25, 0.3) is 22.2 Å². The molecule has 0 aliphatic rings. The Morgan fingerprint density at radius 3 is 2.58 bits per heavy atom. The number of aromatic amines is 1. The van der Waals surface area contributed by atoms with E-state index in [9.17, 15) is 22.8 Å². The van der Waals surface area contributed by atoms with Crippen LogP contribution in [0.5, 0.6) is 0 Å². The molecule has 0 fully saturated rings. The van der Waals surface area contributed by atoms with E-state index < -0.39 is 23.1 Å². The van der Waals surface area contributed by atoms with Gasteiger partial charge in [0.1, 0.15) is 0 Å². The maximum atomic E-state index is 12.9. The molecular weight excluding hydrogens is 347 g/mol. The summed E-state index contributed by atoms with van der Waals surface area (Å²) in [6.07, 6.45) is -4.47. The van der Waals surface area contributed by atoms with Crippen LogP contribution in [0.2, 0.25) is 0 Å². The van der Waals surface area contributed by atoms with Gasteiger partial charge in [-0.1, -0.05) is 12.1 Å². The van der Waals surface area contributed by atoms with Crippen LogP contribution in [0.15, 0.2) is 53.3 Å². The second-order valence-electron chi connectivity index (χ2n) is 5.61. The van der Waals surface area contributed by atoms with Crippen molar-refractivity contribution in [2.45, 2.75) is 13.1 Å². The second kappa shape index (κ2) is 6.67. The van der Waals surface area contributed by atoms with Crippen LogP contribution in [0.1, 0.15) is 22.8 Å². The van der Waals surface area contributed by atoms with Gasteiger partial charge < -0.3 is 9.72 Å². The van der Waals surface area contributed by atoms with Crippen molar-refractivity contribution in [3.8, 4) is 11.3 Å². The molecule has 1 N–H and O–H groups in total. The van der Waals surface area contributed by atoms with E-state index in [0.717, 1.165) is 12.1 Å². The second-order valence-corrected chi connectivity index (χ2v) is 5.61. The van der Waals surface area contributed by atoms with Crippen LogP contribution in [0.3, 0.4) is 0 Å². The monoisotopic (exact) mass is 361 g/mol. The Morgan fingerprint density at radius 1 is 1.12 bits per heavy atom. The number of hydrogen-bond acceptors (Lipinski definition) is 3. The fourth-order valence-electron chi connectivity index (χ4n) is 2.61. The summed E-state index contributed by atoms with van der Waals surface area (Å²) in [6, 6.07) is 10.4. The molecule has 0 amide bonds. The number of carbonyl (C=O) groups is 1. The molecule has 4 nitrogen and oxygen atoms in total. The molecule has 26 heavy (non-hydrogen) atoms. The van der Waals surface area contributed by atoms with Crippen molar-refractivity contribution in [1.29, 1.82) is 0 Å². The largest absolute Gasteiger partial charge is 0.462 e. The van der Waals surface area contributed by atoms with Crippen molar-refractivity contribution in [3.63, 3.8) is 0 Å². The topological polar surface area (TPSA) is 59.2 Å². The number of carbonyl (C=O) groups excluding carboxylic acids is 1. The summed E-state index contributed by atoms with van der Waals surface area (Å²) < 4.78 is 43.5. The Hall–Kier alpha value is -3.09. The summed E-state index contributed by atoms with van der Waals surface area (Å²) in [6.45, 7) is 1.88. The first-order valence-corrected chi connectivity index (χ1v) is 7.81. The average Bonchev–Trinajstić information content (AvgIpc) is 2.61. The minimum Gasteiger partial charge on any atom is -0.462 e. The molecule has 3 rings (SSSR count). The van der Waals surface area contributed by atoms with E-state index in [0.29, 0.717) is 5.52 Å². The molecule has 0 aliphatic carbocycles. The fraction of sp³-hybridized carbons (Fsp3) is 0.158. The highest BCUT2D eigenvalue weighted by atomic mass is 19.4. The number of fused-ring (bicyclic) bond motifs is 1. The molecule has 3 aromatic rings. The summed E-state index contributed by atoms with van der Waals surface area (Å²) in [5.74, 6) is -0.546. The van der Waals surface area contributed by atoms with Gasteiger partial charge in [-0.3, -0.25) is 4.79 Å². The number of H-pyrrole nitrogens is 1. The first-order chi connectivity index (χ1) is 12.3. The average molecular weight is 361 g/mol. The van der Waals surface area contributed by atoms with Crippen molar-refractivity contribution in [3.05, 3.63) is 69.9 Å². The number of ether oxygens (including phenoxy) is 1. The SMILES string of the molecule is CCOC(=O)c1ccc2[nH]c(-c3cccc(C(F)(F)F)c3)cc(=O)c2c1. The zero-order valence-electron chi connectivity index (χ0n) is 13.7. The lowest BCUT2D eigenvalue weighted by molar-refractivity contribution is -0.137. The summed E-state index contributed by atoms with van der Waals surface area (Å²) in [5.41, 5.74) is -0.0497. The van der Waals surface area contributed by atoms with E-state index in [4.69, 9.17) is 4.74 Å². The molecule has 1 heterocycles. The lowest BCUT2D eigenvalue weighted by Gasteiger charge is -2.10. The Labute approximate surface area is 146 Å². The highest BCUT2D eigenvalue weighted by molar-refractivity contribution is 5.94. The first kappa shape index (κ1) is 17.7. The van der Waals surface area contributed by atoms with Crippen molar-refractivity contribution >= 4 is 16.9 Å². The maximum Gasteiger partial charge on any atom is 0.416 e. The number of aromatic nitrogens is 1. The smallest absolute Gasteiger partial charge is 0.416 e. The van der Waals surface area contributed by atoms with Gasteiger partial charge in [-0.25, -0.2) is 4.79 Å². The highest BCUT2D eigenvalue weighted by Crippen LogP contribution is 2.31. The van der Waals surface area contributed by atoms with Crippen LogP contribution in [0.4, 0.5) is 13.2 Å². The van der Waals surface area contributed by atoms with Gasteiger partial charge in [0.2, 0.25) is 0 Å². The van der Waals surface area contributed by atoms with Gasteiger partial charge in [-0.2, -0.15) is 13.2 Å². The molecular formula is C19H14F3NO3. The number of nitrogens with one attached hydrogen (secondary N) is 1. The Balaban J connectivity index is 2.09. The lowest BCUT2D eigenvalue weighted by Crippen LogP contribution is -2.08. The molecule has 0 unspecified atom stereocenters. The van der Waals surface area contributed by atoms with Gasteiger partial charge in [-0.05, 0) is 42.8 Å². The van der Waals surface area contributed by atoms with Gasteiger partial charge in [0.25, 0.3) is 0 Å². The molecule has 0 atom stereocenters. The molecule has 7 heteroatoms. The number of pyridine rings is 1. The summed E-state index contributed by atoms with van der Waals surface area (Å²) in [4.78, 5) is 27.1. The zero-order valence-corrected chi connectivity index (χ0v) is 13.7. The standard InChI is InChI=1S/C19H14F3NO3/c1-2-26-18(25)12-6-7-15-14(9-12)17(24)10-16(23-15)11-4-3-5-13(8-11)19(20,21)22/h3-10H,2H2,1H3,(H,23,24). The Kier molecular flexibility index (Phi) is 4.54. The number of halogens is 3. The summed E-state index contributed by atoms with van der Waals surface area (Å²) >= 11 is 0. The molecule has 2 aromatic carbocycles. The third-order valence-electron chi connectivity index (χ3n) is 3.84. The van der Waals surface area contributed by atoms with Crippen LogP contribution in [-0.4, -0.2) is 17.6 Å². The molecule has 0 saturated heterocycles. The van der Waals surface area contributed by atoms with E-state index in [1.165, 1.54) is 36.4 Å². The van der Waals surface area contributed by atoms with Gasteiger partial charge in [-0.15, -0.1) is 0 Å². The maximum absolute atomic E-state index is 12.9. The van der Waals surface area contributed by atoms with Crippen molar-refractivity contribution in [2.75, 3.05) is 6.61 Å². The minimum absolute atomic E-state index is 0.210. The van der Waals surface area contributed by atoms with Gasteiger partial charge >= 0.3 is 12.1 Å². The van der Waals surface area contributed by atoms with E-state index in [-0.39, 0.29) is 28.8 Å². The van der Waals surface area contributed by atoms with E-state index in [2.05, 4.69) is 4.98 Å². The van der Waals surface area contributed by atoms with Crippen molar-refractivity contribution in [1.82, 2.24) is 4.98 Å². The van der Waals surface area contributed by atoms with Gasteiger partial charge in [0.05, 0.1) is 17.7 Å². The summed E-state index contributed by atoms with van der Waals surface area (Å²) in [7, 11) is 0. The summed E-state index contributed by atoms with van der Waals surface area (Å²) in [5, 5.41) is 0.256. The Bertz CT molecular complexity index is 1040. The third kappa shape index (κ3) is 3.46. The molecule has 1 aromatic heterocycles. The van der Waals surface area contributed by atoms with Gasteiger partial charge in [0, 0.05) is 22.7 Å². The molecule has 0 saturated carbocycles. The Morgan fingerprint density at radius 2 is 1.88 bits per heavy atom. The lowest BCUT2D eigenvalue weighted by atomic mass is 10.0. The van der Waals surface area contributed by atoms with E-state index in [1.54, 1.807) is 6.92 Å². The highest BCUT2D eigenvalue weighted by Gasteiger charge is 2.30. The van der Waals surface area contributed by atoms with Crippen LogP contribution in [0, 0.1) is 0 Å². The van der Waals surface area contributed by atoms with E-state index in [1.807, 2.05) is 0 Å². The van der Waals surface area contributed by atoms with Crippen molar-refractivity contribution < 1.29 is 22.7 Å². The number of alkyl halides is 3. The van der Waals surface area contributed by atoms with Gasteiger partial charge in [0.15, 0.2) is 5.43 Å². The van der Waals surface area contributed by atoms with E-state index >= 15 is 0 Å². The molecule has 0 bridgehead atoms. The number of hydrogen-bond donors (Lipinski definition) is 1. The fourth-order valence-corrected chi connectivity index (χ4v) is 2.61. The number of esters is 1. The predicted octanol–water partition coefficient (Wildman–Crippen LogP) is 4.39. The minimum atomic E-state index is -4.47. The quantitative estimate of drug-likeness (QED) is 0.704. The first-order valence-electron chi connectivity index (χ1n) is 7.81. The predicted molar refractivity (Wildman–Crippen MR) is 91.0 cm³/mol. The van der Waals surface area contributed by atoms with Crippen LogP contribution >= 0.6 is 0 Å². The third-order valence-corrected chi connectivity index (χ3v) is 3.84. The molecule has 0 radical (unpaired) electrons. The molecule has 0 spiro atoms. The molecule has 134 valence electrons. The van der Waals surface area contributed by atoms with Crippen LogP contribution < -0.4 is 5.43 Å². The normalized spacial score (nSPS) is 11.5. The number of rotatable bonds is 3. The zero-order chi connectivity index (χ0) is 18.9. The van der Waals surface area contributed by atoms with Crippen LogP contribution in [-0.2, 0) is 10.9 Å². The van der Waals surface area contributed by atoms with Crippen molar-refractivity contribution in [2.24, 2.45) is 0 Å². The number of benzene rings is 2. The molecule has 0 aliphatic heterocycles.